The average Bonchev–Trinajstić information content (AvgIpc) is 2.37. The lowest BCUT2D eigenvalue weighted by molar-refractivity contribution is 0.0809. The molecule has 0 aromatic rings. The highest BCUT2D eigenvalue weighted by Crippen LogP contribution is 2.17. The largest absolute Gasteiger partial charge is 0.392 e. The highest BCUT2D eigenvalue weighted by molar-refractivity contribution is 5.87. The third-order valence-corrected chi connectivity index (χ3v) is 1.91. The maximum absolute atomic E-state index is 5.40. The molecule has 1 atom stereocenters. The van der Waals surface area contributed by atoms with Crippen LogP contribution < -0.4 is 5.73 Å². The molecule has 2 N–H and O–H groups in total. The quantitative estimate of drug-likeness (QED) is 0.666. The molecule has 1 aliphatic heterocycles. The lowest BCUT2D eigenvalue weighted by Gasteiger charge is -2.05. The number of hydrogen-bond acceptors (Lipinski definition) is 3. The van der Waals surface area contributed by atoms with Gasteiger partial charge in [-0.05, 0) is 18.9 Å². The maximum atomic E-state index is 5.40. The van der Waals surface area contributed by atoms with Crippen molar-refractivity contribution in [3.63, 3.8) is 0 Å². The molecule has 0 radical (unpaired) electrons. The van der Waals surface area contributed by atoms with Gasteiger partial charge in [-0.1, -0.05) is 19.0 Å². The van der Waals surface area contributed by atoms with Crippen LogP contribution in [0.1, 0.15) is 26.7 Å². The summed E-state index contributed by atoms with van der Waals surface area (Å²) in [6.07, 6.45) is 2.13. The normalized spacial score (nSPS) is 23.6. The molecule has 0 aromatic heterocycles. The van der Waals surface area contributed by atoms with Crippen LogP contribution >= 0.6 is 0 Å². The van der Waals surface area contributed by atoms with E-state index in [1.54, 1.807) is 0 Å². The Morgan fingerprint density at radius 3 is 2.91 bits per heavy atom. The average molecular weight is 156 g/mol. The van der Waals surface area contributed by atoms with Crippen molar-refractivity contribution in [2.75, 3.05) is 6.54 Å². The predicted octanol–water partition coefficient (Wildman–Crippen LogP) is 1.14. The van der Waals surface area contributed by atoms with Crippen molar-refractivity contribution in [2.45, 2.75) is 32.8 Å². The summed E-state index contributed by atoms with van der Waals surface area (Å²) in [5.74, 6) is 0.512. The van der Waals surface area contributed by atoms with E-state index in [9.17, 15) is 0 Å². The van der Waals surface area contributed by atoms with Crippen LogP contribution in [-0.4, -0.2) is 18.4 Å². The molecule has 3 nitrogen and oxygen atoms in total. The van der Waals surface area contributed by atoms with Crippen LogP contribution in [0.15, 0.2) is 5.16 Å². The van der Waals surface area contributed by atoms with Gasteiger partial charge in [0.1, 0.15) is 6.10 Å². The summed E-state index contributed by atoms with van der Waals surface area (Å²) >= 11 is 0. The van der Waals surface area contributed by atoms with Crippen molar-refractivity contribution in [3.05, 3.63) is 0 Å². The summed E-state index contributed by atoms with van der Waals surface area (Å²) in [5.41, 5.74) is 6.57. The molecule has 0 aromatic carbocycles. The van der Waals surface area contributed by atoms with Gasteiger partial charge in [0.15, 0.2) is 0 Å². The van der Waals surface area contributed by atoms with E-state index in [1.165, 1.54) is 5.71 Å². The Bertz CT molecular complexity index is 154. The molecule has 0 bridgehead atoms. The predicted molar refractivity (Wildman–Crippen MR) is 45.4 cm³/mol. The van der Waals surface area contributed by atoms with Gasteiger partial charge in [0.2, 0.25) is 0 Å². The highest BCUT2D eigenvalue weighted by Gasteiger charge is 2.21. The molecule has 0 fully saturated rings. The summed E-state index contributed by atoms with van der Waals surface area (Å²) in [7, 11) is 0. The van der Waals surface area contributed by atoms with E-state index < -0.39 is 0 Å². The van der Waals surface area contributed by atoms with E-state index in [-0.39, 0.29) is 6.10 Å². The third-order valence-electron chi connectivity index (χ3n) is 1.91. The minimum absolute atomic E-state index is 0.248. The van der Waals surface area contributed by atoms with Crippen molar-refractivity contribution in [1.29, 1.82) is 0 Å². The van der Waals surface area contributed by atoms with E-state index in [0.717, 1.165) is 12.8 Å². The number of nitrogens with zero attached hydrogens (tertiary/aromatic N) is 1. The van der Waals surface area contributed by atoms with Gasteiger partial charge in [0.25, 0.3) is 0 Å². The summed E-state index contributed by atoms with van der Waals surface area (Å²) in [5, 5.41) is 4.00. The third kappa shape index (κ3) is 2.19. The van der Waals surface area contributed by atoms with Crippen LogP contribution in [0.4, 0.5) is 0 Å². The minimum Gasteiger partial charge on any atom is -0.392 e. The van der Waals surface area contributed by atoms with Gasteiger partial charge in [-0.25, -0.2) is 0 Å². The lowest BCUT2D eigenvalue weighted by atomic mass is 10.0. The Morgan fingerprint density at radius 2 is 2.45 bits per heavy atom. The van der Waals surface area contributed by atoms with Crippen LogP contribution in [-0.2, 0) is 4.84 Å². The van der Waals surface area contributed by atoms with Gasteiger partial charge in [-0.2, -0.15) is 0 Å². The van der Waals surface area contributed by atoms with Gasteiger partial charge in [0.05, 0.1) is 5.71 Å². The highest BCUT2D eigenvalue weighted by atomic mass is 16.6. The monoisotopic (exact) mass is 156 g/mol. The van der Waals surface area contributed by atoms with E-state index in [4.69, 9.17) is 10.6 Å². The van der Waals surface area contributed by atoms with E-state index >= 15 is 0 Å². The van der Waals surface area contributed by atoms with Crippen molar-refractivity contribution >= 4 is 5.71 Å². The Hall–Kier alpha value is -0.570. The smallest absolute Gasteiger partial charge is 0.134 e. The molecule has 1 aliphatic rings. The Balaban J connectivity index is 2.31. The fourth-order valence-corrected chi connectivity index (χ4v) is 1.13. The van der Waals surface area contributed by atoms with Gasteiger partial charge < -0.3 is 10.6 Å². The lowest BCUT2D eigenvalue weighted by Crippen LogP contribution is -2.15. The number of rotatable bonds is 3. The molecule has 1 unspecified atom stereocenters. The molecule has 64 valence electrons. The fraction of sp³-hybridized carbons (Fsp3) is 0.875. The molecule has 0 saturated carbocycles. The van der Waals surface area contributed by atoms with Gasteiger partial charge in [-0.15, -0.1) is 0 Å². The van der Waals surface area contributed by atoms with Gasteiger partial charge in [-0.3, -0.25) is 0 Å². The van der Waals surface area contributed by atoms with Crippen LogP contribution in [0.3, 0.4) is 0 Å². The van der Waals surface area contributed by atoms with Gasteiger partial charge in [0, 0.05) is 6.42 Å². The van der Waals surface area contributed by atoms with Crippen molar-refractivity contribution in [1.82, 2.24) is 0 Å². The second kappa shape index (κ2) is 3.72. The first kappa shape index (κ1) is 8.53. The zero-order valence-electron chi connectivity index (χ0n) is 7.21. The van der Waals surface area contributed by atoms with E-state index in [1.807, 2.05) is 0 Å². The maximum Gasteiger partial charge on any atom is 0.134 e. The molecule has 1 heterocycles. The van der Waals surface area contributed by atoms with Crippen LogP contribution in [0.25, 0.3) is 0 Å². The van der Waals surface area contributed by atoms with Crippen LogP contribution in [0, 0.1) is 5.92 Å². The number of nitrogens with two attached hydrogens (primary N) is 1. The molecule has 1 rings (SSSR count). The first-order valence-electron chi connectivity index (χ1n) is 4.16. The molecule has 3 heteroatoms. The fourth-order valence-electron chi connectivity index (χ4n) is 1.13. The molecule has 0 spiro atoms. The summed E-state index contributed by atoms with van der Waals surface area (Å²) < 4.78 is 0. The summed E-state index contributed by atoms with van der Waals surface area (Å²) in [4.78, 5) is 5.18. The molecular weight excluding hydrogens is 140 g/mol. The SMILES string of the molecule is CC(C)C1=NOC(CCN)C1. The van der Waals surface area contributed by atoms with Crippen molar-refractivity contribution < 1.29 is 4.84 Å². The topological polar surface area (TPSA) is 47.6 Å². The molecule has 0 saturated heterocycles. The first-order chi connectivity index (χ1) is 5.24. The Kier molecular flexibility index (Phi) is 2.88. The minimum atomic E-state index is 0.248. The molecular formula is C8H16N2O. The Morgan fingerprint density at radius 1 is 1.73 bits per heavy atom. The molecule has 0 amide bonds. The van der Waals surface area contributed by atoms with Crippen molar-refractivity contribution in [3.8, 4) is 0 Å². The van der Waals surface area contributed by atoms with Crippen LogP contribution in [0.2, 0.25) is 0 Å². The summed E-state index contributed by atoms with van der Waals surface area (Å²) in [6, 6.07) is 0. The molecule has 0 aliphatic carbocycles. The summed E-state index contributed by atoms with van der Waals surface area (Å²) in [6.45, 7) is 4.95. The number of hydrogen-bond donors (Lipinski definition) is 1. The molecule has 11 heavy (non-hydrogen) atoms. The van der Waals surface area contributed by atoms with E-state index in [2.05, 4.69) is 19.0 Å². The van der Waals surface area contributed by atoms with Crippen LogP contribution in [0.5, 0.6) is 0 Å². The second-order valence-electron chi connectivity index (χ2n) is 3.25. The Labute approximate surface area is 67.6 Å². The second-order valence-corrected chi connectivity index (χ2v) is 3.25. The van der Waals surface area contributed by atoms with Gasteiger partial charge >= 0.3 is 0 Å². The zero-order valence-corrected chi connectivity index (χ0v) is 7.21. The standard InChI is InChI=1S/C8H16N2O/c1-6(2)8-5-7(3-4-9)11-10-8/h6-7H,3-5,9H2,1-2H3. The number of oxime groups is 1. The zero-order chi connectivity index (χ0) is 8.27. The van der Waals surface area contributed by atoms with Crippen molar-refractivity contribution in [2.24, 2.45) is 16.8 Å². The van der Waals surface area contributed by atoms with E-state index in [0.29, 0.717) is 12.5 Å². The first-order valence-corrected chi connectivity index (χ1v) is 4.16.